The van der Waals surface area contributed by atoms with Gasteiger partial charge in [-0.1, -0.05) is 24.3 Å². The lowest BCUT2D eigenvalue weighted by Gasteiger charge is -2.29. The highest BCUT2D eigenvalue weighted by Gasteiger charge is 2.42. The summed E-state index contributed by atoms with van der Waals surface area (Å²) in [7, 11) is 1.50. The van der Waals surface area contributed by atoms with Gasteiger partial charge >= 0.3 is 0 Å². The standard InChI is InChI=1S/C28H27N5O2S/c1-19-11-16-24(32(19)21-8-4-3-5-9-21)27-26(23-10-6-7-17-29-23)31-28(36)33(27)22-14-12-20(13-15-22)30-25(34)18-35-2/h3-17,26-27H,18H2,1-2H3,(H,30,34)(H,31,36)/t26-,27-/m1/s1. The highest BCUT2D eigenvalue weighted by molar-refractivity contribution is 7.80. The number of carbonyl (C=O) groups excluding carboxylic acids is 1. The number of rotatable bonds is 7. The molecular weight excluding hydrogens is 470 g/mol. The predicted octanol–water partition coefficient (Wildman–Crippen LogP) is 4.94. The Hall–Kier alpha value is -4.01. The zero-order chi connectivity index (χ0) is 25.1. The molecule has 0 bridgehead atoms. The molecule has 36 heavy (non-hydrogen) atoms. The Morgan fingerprint density at radius 3 is 2.44 bits per heavy atom. The van der Waals surface area contributed by atoms with Crippen molar-refractivity contribution in [3.8, 4) is 5.69 Å². The quantitative estimate of drug-likeness (QED) is 0.353. The summed E-state index contributed by atoms with van der Waals surface area (Å²) < 4.78 is 7.17. The molecule has 0 radical (unpaired) electrons. The number of thiocarbonyl (C=S) groups is 1. The van der Waals surface area contributed by atoms with E-state index in [2.05, 4.69) is 56.3 Å². The topological polar surface area (TPSA) is 71.4 Å². The van der Waals surface area contributed by atoms with Crippen molar-refractivity contribution in [2.75, 3.05) is 23.9 Å². The van der Waals surface area contributed by atoms with Gasteiger partial charge in [0.05, 0.1) is 11.7 Å². The fraction of sp³-hybridized carbons (Fsp3) is 0.179. The van der Waals surface area contributed by atoms with E-state index < -0.39 is 0 Å². The molecule has 0 aliphatic carbocycles. The molecule has 5 rings (SSSR count). The van der Waals surface area contributed by atoms with Gasteiger partial charge in [0.1, 0.15) is 12.6 Å². The summed E-state index contributed by atoms with van der Waals surface area (Å²) >= 11 is 5.87. The lowest BCUT2D eigenvalue weighted by atomic mass is 10.0. The van der Waals surface area contributed by atoms with Gasteiger partial charge in [-0.05, 0) is 79.8 Å². The molecule has 4 aromatic rings. The molecular formula is C28H27N5O2S. The molecule has 3 heterocycles. The summed E-state index contributed by atoms with van der Waals surface area (Å²) in [6.45, 7) is 2.11. The molecule has 1 amide bonds. The maximum absolute atomic E-state index is 11.9. The Balaban J connectivity index is 1.58. The lowest BCUT2D eigenvalue weighted by Crippen LogP contribution is -2.30. The summed E-state index contributed by atoms with van der Waals surface area (Å²) in [4.78, 5) is 18.7. The number of methoxy groups -OCH3 is 1. The van der Waals surface area contributed by atoms with Crippen LogP contribution in [0.15, 0.2) is 91.1 Å². The van der Waals surface area contributed by atoms with Gasteiger partial charge in [0.2, 0.25) is 5.91 Å². The Morgan fingerprint density at radius 1 is 1.00 bits per heavy atom. The number of nitrogens with zero attached hydrogens (tertiary/aromatic N) is 3. The van der Waals surface area contributed by atoms with Crippen LogP contribution in [0.5, 0.6) is 0 Å². The third kappa shape index (κ3) is 4.60. The zero-order valence-corrected chi connectivity index (χ0v) is 20.9. The van der Waals surface area contributed by atoms with Crippen LogP contribution in [-0.2, 0) is 9.53 Å². The summed E-state index contributed by atoms with van der Waals surface area (Å²) in [5.74, 6) is -0.201. The Bertz CT molecular complexity index is 1360. The number of benzene rings is 2. The number of hydrogen-bond acceptors (Lipinski definition) is 4. The summed E-state index contributed by atoms with van der Waals surface area (Å²) in [5, 5.41) is 6.97. The minimum Gasteiger partial charge on any atom is -0.375 e. The molecule has 0 unspecified atom stereocenters. The lowest BCUT2D eigenvalue weighted by molar-refractivity contribution is -0.119. The number of pyridine rings is 1. The number of amides is 1. The van der Waals surface area contributed by atoms with Crippen molar-refractivity contribution < 1.29 is 9.53 Å². The number of carbonyl (C=O) groups is 1. The molecule has 8 heteroatoms. The fourth-order valence-electron chi connectivity index (χ4n) is 4.69. The van der Waals surface area contributed by atoms with Gasteiger partial charge in [-0.15, -0.1) is 0 Å². The third-order valence-electron chi connectivity index (χ3n) is 6.23. The van der Waals surface area contributed by atoms with E-state index in [-0.39, 0.29) is 24.6 Å². The van der Waals surface area contributed by atoms with Crippen molar-refractivity contribution in [2.24, 2.45) is 0 Å². The Kier molecular flexibility index (Phi) is 6.79. The van der Waals surface area contributed by atoms with E-state index in [0.29, 0.717) is 10.8 Å². The SMILES string of the molecule is COCC(=O)Nc1ccc(N2C(=S)N[C@H](c3ccccn3)[C@H]2c2ccc(C)n2-c2ccccc2)cc1. The van der Waals surface area contributed by atoms with Crippen LogP contribution in [0, 0.1) is 6.92 Å². The van der Waals surface area contributed by atoms with E-state index in [9.17, 15) is 4.79 Å². The second-order valence-electron chi connectivity index (χ2n) is 8.60. The number of aryl methyl sites for hydroxylation is 1. The van der Waals surface area contributed by atoms with E-state index in [0.717, 1.165) is 28.5 Å². The third-order valence-corrected chi connectivity index (χ3v) is 6.54. The summed E-state index contributed by atoms with van der Waals surface area (Å²) in [6, 6.07) is 27.9. The molecule has 2 N–H and O–H groups in total. The van der Waals surface area contributed by atoms with Crippen LogP contribution in [0.25, 0.3) is 5.69 Å². The minimum atomic E-state index is -0.201. The number of aromatic nitrogens is 2. The van der Waals surface area contributed by atoms with E-state index in [1.807, 2.05) is 60.7 Å². The van der Waals surface area contributed by atoms with Crippen LogP contribution in [0.3, 0.4) is 0 Å². The Labute approximate surface area is 215 Å². The van der Waals surface area contributed by atoms with E-state index in [1.165, 1.54) is 7.11 Å². The van der Waals surface area contributed by atoms with Crippen LogP contribution in [-0.4, -0.2) is 34.3 Å². The largest absolute Gasteiger partial charge is 0.375 e. The molecule has 2 atom stereocenters. The molecule has 182 valence electrons. The van der Waals surface area contributed by atoms with Gasteiger partial charge in [0.15, 0.2) is 5.11 Å². The Morgan fingerprint density at radius 2 is 1.75 bits per heavy atom. The van der Waals surface area contributed by atoms with Crippen molar-refractivity contribution in [1.82, 2.24) is 14.9 Å². The van der Waals surface area contributed by atoms with Crippen LogP contribution in [0.2, 0.25) is 0 Å². The second kappa shape index (κ2) is 10.3. The maximum atomic E-state index is 11.9. The van der Waals surface area contributed by atoms with Gasteiger partial charge in [-0.3, -0.25) is 9.78 Å². The van der Waals surface area contributed by atoms with Crippen molar-refractivity contribution >= 4 is 34.6 Å². The van der Waals surface area contributed by atoms with E-state index in [1.54, 1.807) is 6.20 Å². The minimum absolute atomic E-state index is 0.00549. The van der Waals surface area contributed by atoms with Crippen molar-refractivity contribution in [1.29, 1.82) is 0 Å². The first kappa shape index (κ1) is 23.7. The highest BCUT2D eigenvalue weighted by Crippen LogP contribution is 2.42. The van der Waals surface area contributed by atoms with Gasteiger partial charge in [0.25, 0.3) is 0 Å². The number of ether oxygens (including phenoxy) is 1. The normalized spacial score (nSPS) is 17.2. The molecule has 1 fully saturated rings. The van der Waals surface area contributed by atoms with Crippen LogP contribution in [0.4, 0.5) is 11.4 Å². The van der Waals surface area contributed by atoms with Crippen LogP contribution < -0.4 is 15.5 Å². The van der Waals surface area contributed by atoms with Gasteiger partial charge in [0, 0.05) is 41.8 Å². The molecule has 7 nitrogen and oxygen atoms in total. The summed E-state index contributed by atoms with van der Waals surface area (Å²) in [5.41, 5.74) is 5.83. The second-order valence-corrected chi connectivity index (χ2v) is 8.98. The molecule has 2 aromatic heterocycles. The van der Waals surface area contributed by atoms with Crippen molar-refractivity contribution in [2.45, 2.75) is 19.0 Å². The number of anilines is 2. The molecule has 0 saturated carbocycles. The highest BCUT2D eigenvalue weighted by atomic mass is 32.1. The predicted molar refractivity (Wildman–Crippen MR) is 145 cm³/mol. The maximum Gasteiger partial charge on any atom is 0.250 e. The molecule has 1 aliphatic rings. The molecule has 2 aromatic carbocycles. The van der Waals surface area contributed by atoms with Gasteiger partial charge in [-0.2, -0.15) is 0 Å². The monoisotopic (exact) mass is 497 g/mol. The first-order valence-electron chi connectivity index (χ1n) is 11.7. The van der Waals surface area contributed by atoms with Gasteiger partial charge < -0.3 is 24.8 Å². The first-order chi connectivity index (χ1) is 17.6. The van der Waals surface area contributed by atoms with Crippen molar-refractivity contribution in [3.05, 3.63) is 108 Å². The zero-order valence-electron chi connectivity index (χ0n) is 20.1. The van der Waals surface area contributed by atoms with E-state index in [4.69, 9.17) is 17.0 Å². The van der Waals surface area contributed by atoms with Crippen LogP contribution >= 0.6 is 12.2 Å². The average molecular weight is 498 g/mol. The first-order valence-corrected chi connectivity index (χ1v) is 12.1. The number of para-hydroxylation sites is 1. The molecule has 0 spiro atoms. The molecule has 1 saturated heterocycles. The number of nitrogens with one attached hydrogen (secondary N) is 2. The van der Waals surface area contributed by atoms with E-state index >= 15 is 0 Å². The van der Waals surface area contributed by atoms with Crippen molar-refractivity contribution in [3.63, 3.8) is 0 Å². The van der Waals surface area contributed by atoms with Gasteiger partial charge in [-0.25, -0.2) is 0 Å². The average Bonchev–Trinajstić information content (AvgIpc) is 3.45. The summed E-state index contributed by atoms with van der Waals surface area (Å²) in [6.07, 6.45) is 1.80. The fourth-order valence-corrected chi connectivity index (χ4v) is 5.03. The number of hydrogen-bond donors (Lipinski definition) is 2. The smallest absolute Gasteiger partial charge is 0.250 e. The van der Waals surface area contributed by atoms with Crippen LogP contribution in [0.1, 0.15) is 29.2 Å². The molecule has 1 aliphatic heterocycles.